The molecule has 0 saturated carbocycles. The van der Waals surface area contributed by atoms with Crippen molar-refractivity contribution in [2.24, 2.45) is 0 Å². The number of aliphatic hydroxyl groups is 1. The van der Waals surface area contributed by atoms with Crippen molar-refractivity contribution >= 4 is 17.5 Å². The summed E-state index contributed by atoms with van der Waals surface area (Å²) in [5, 5.41) is 12.1. The lowest BCUT2D eigenvalue weighted by atomic mass is 10.0. The van der Waals surface area contributed by atoms with Crippen molar-refractivity contribution in [1.82, 2.24) is 10.3 Å². The van der Waals surface area contributed by atoms with E-state index in [-0.39, 0.29) is 37.1 Å². The Morgan fingerprint density at radius 2 is 1.97 bits per heavy atom. The van der Waals surface area contributed by atoms with Gasteiger partial charge in [0.2, 0.25) is 5.91 Å². The van der Waals surface area contributed by atoms with Crippen LogP contribution in [0.4, 0.5) is 10.1 Å². The van der Waals surface area contributed by atoms with E-state index in [4.69, 9.17) is 13.9 Å². The number of methoxy groups -OCH3 is 1. The number of anilines is 1. The fourth-order valence-electron chi connectivity index (χ4n) is 4.06. The molecule has 2 N–H and O–H groups in total. The van der Waals surface area contributed by atoms with Gasteiger partial charge in [0.05, 0.1) is 20.0 Å². The third-order valence-corrected chi connectivity index (χ3v) is 5.83. The van der Waals surface area contributed by atoms with E-state index in [0.29, 0.717) is 23.4 Å². The maximum absolute atomic E-state index is 13.8. The predicted octanol–water partition coefficient (Wildman–Crippen LogP) is 3.94. The summed E-state index contributed by atoms with van der Waals surface area (Å²) in [6.45, 7) is -0.0255. The number of carbonyl (C=O) groups excluding carboxylic acids is 2. The van der Waals surface area contributed by atoms with Gasteiger partial charge in [-0.3, -0.25) is 19.5 Å². The van der Waals surface area contributed by atoms with Gasteiger partial charge in [0.1, 0.15) is 18.5 Å². The third-order valence-electron chi connectivity index (χ3n) is 5.83. The van der Waals surface area contributed by atoms with Crippen LogP contribution in [0.2, 0.25) is 0 Å². The molecular formula is C29H28FN3O6. The number of aromatic nitrogens is 1. The van der Waals surface area contributed by atoms with Gasteiger partial charge in [-0.1, -0.05) is 18.2 Å². The molecule has 1 unspecified atom stereocenters. The normalized spacial score (nSPS) is 11.5. The summed E-state index contributed by atoms with van der Waals surface area (Å²) >= 11 is 0. The zero-order valence-corrected chi connectivity index (χ0v) is 21.2. The van der Waals surface area contributed by atoms with Gasteiger partial charge in [-0.2, -0.15) is 0 Å². The van der Waals surface area contributed by atoms with E-state index in [1.165, 1.54) is 42.7 Å². The van der Waals surface area contributed by atoms with E-state index < -0.39 is 17.9 Å². The van der Waals surface area contributed by atoms with Crippen molar-refractivity contribution in [3.05, 3.63) is 108 Å². The number of pyridine rings is 1. The molecule has 39 heavy (non-hydrogen) atoms. The average molecular weight is 534 g/mol. The van der Waals surface area contributed by atoms with Crippen LogP contribution in [-0.4, -0.2) is 48.8 Å². The number of aliphatic hydroxyl groups excluding tert-OH is 1. The van der Waals surface area contributed by atoms with Crippen LogP contribution in [0, 0.1) is 5.82 Å². The first kappa shape index (κ1) is 27.3. The van der Waals surface area contributed by atoms with E-state index in [0.717, 1.165) is 5.56 Å². The first-order valence-electron chi connectivity index (χ1n) is 12.2. The fourth-order valence-corrected chi connectivity index (χ4v) is 4.06. The maximum atomic E-state index is 13.8. The standard InChI is InChI=1S/C29H28FN3O6/c1-37-24-10-9-23(18-26(24)39-16-14-34)33(29(36)25-8-4-15-38-25)27(21-6-3-12-31-19-21)28(35)32-13-11-20-5-2-7-22(30)17-20/h2-10,12,15,17-19,27,34H,11,13-14,16H2,1H3,(H,32,35). The van der Waals surface area contributed by atoms with Gasteiger partial charge in [-0.15, -0.1) is 0 Å². The number of benzene rings is 2. The quantitative estimate of drug-likeness (QED) is 0.284. The summed E-state index contributed by atoms with van der Waals surface area (Å²) in [7, 11) is 1.47. The summed E-state index contributed by atoms with van der Waals surface area (Å²) in [5.74, 6) is -0.737. The molecule has 202 valence electrons. The highest BCUT2D eigenvalue weighted by Gasteiger charge is 2.35. The fraction of sp³-hybridized carbons (Fsp3) is 0.207. The highest BCUT2D eigenvalue weighted by atomic mass is 19.1. The summed E-state index contributed by atoms with van der Waals surface area (Å²) in [6.07, 6.45) is 4.83. The second-order valence-electron chi connectivity index (χ2n) is 8.42. The summed E-state index contributed by atoms with van der Waals surface area (Å²) in [6, 6.07) is 16.2. The zero-order valence-electron chi connectivity index (χ0n) is 21.2. The summed E-state index contributed by atoms with van der Waals surface area (Å²) in [5.41, 5.74) is 1.49. The molecule has 4 aromatic rings. The number of rotatable bonds is 12. The number of halogens is 1. The van der Waals surface area contributed by atoms with Crippen LogP contribution < -0.4 is 19.7 Å². The number of ether oxygens (including phenoxy) is 2. The van der Waals surface area contributed by atoms with Gasteiger partial charge in [0, 0.05) is 36.3 Å². The Morgan fingerprint density at radius 3 is 2.67 bits per heavy atom. The lowest BCUT2D eigenvalue weighted by Gasteiger charge is -2.31. The molecule has 0 spiro atoms. The van der Waals surface area contributed by atoms with Gasteiger partial charge < -0.3 is 24.3 Å². The molecule has 2 amide bonds. The number of hydrogen-bond donors (Lipinski definition) is 2. The summed E-state index contributed by atoms with van der Waals surface area (Å²) < 4.78 is 30.0. The Morgan fingerprint density at radius 1 is 1.10 bits per heavy atom. The van der Waals surface area contributed by atoms with E-state index in [2.05, 4.69) is 10.3 Å². The Kier molecular flexibility index (Phi) is 9.25. The minimum Gasteiger partial charge on any atom is -0.493 e. The first-order chi connectivity index (χ1) is 19.0. The molecular weight excluding hydrogens is 505 g/mol. The van der Waals surface area contributed by atoms with Crippen molar-refractivity contribution in [1.29, 1.82) is 0 Å². The number of carbonyl (C=O) groups is 2. The lowest BCUT2D eigenvalue weighted by Crippen LogP contribution is -2.44. The first-order valence-corrected chi connectivity index (χ1v) is 12.2. The van der Waals surface area contributed by atoms with E-state index in [1.54, 1.807) is 54.7 Å². The van der Waals surface area contributed by atoms with E-state index in [1.807, 2.05) is 0 Å². The Hall–Kier alpha value is -4.70. The molecule has 2 heterocycles. The largest absolute Gasteiger partial charge is 0.493 e. The van der Waals surface area contributed by atoms with Crippen molar-refractivity contribution in [3.8, 4) is 11.5 Å². The second-order valence-corrected chi connectivity index (χ2v) is 8.42. The molecule has 0 aliphatic carbocycles. The molecule has 0 saturated heterocycles. The van der Waals surface area contributed by atoms with Crippen LogP contribution in [-0.2, 0) is 11.2 Å². The molecule has 0 radical (unpaired) electrons. The van der Waals surface area contributed by atoms with Crippen molar-refractivity contribution in [2.45, 2.75) is 12.5 Å². The van der Waals surface area contributed by atoms with Gasteiger partial charge in [-0.25, -0.2) is 4.39 Å². The van der Waals surface area contributed by atoms with Crippen LogP contribution in [0.5, 0.6) is 11.5 Å². The zero-order chi connectivity index (χ0) is 27.6. The van der Waals surface area contributed by atoms with Gasteiger partial charge >= 0.3 is 0 Å². The van der Waals surface area contributed by atoms with Crippen LogP contribution in [0.3, 0.4) is 0 Å². The van der Waals surface area contributed by atoms with Crippen molar-refractivity contribution in [3.63, 3.8) is 0 Å². The second kappa shape index (κ2) is 13.2. The molecule has 2 aromatic heterocycles. The van der Waals surface area contributed by atoms with Gasteiger partial charge in [0.15, 0.2) is 17.3 Å². The molecule has 1 atom stereocenters. The minimum atomic E-state index is -1.15. The van der Waals surface area contributed by atoms with Gasteiger partial charge in [0.25, 0.3) is 5.91 Å². The van der Waals surface area contributed by atoms with Crippen LogP contribution in [0.25, 0.3) is 0 Å². The maximum Gasteiger partial charge on any atom is 0.294 e. The molecule has 0 aliphatic rings. The number of nitrogens with one attached hydrogen (secondary N) is 1. The van der Waals surface area contributed by atoms with Crippen LogP contribution >= 0.6 is 0 Å². The van der Waals surface area contributed by atoms with E-state index >= 15 is 0 Å². The average Bonchev–Trinajstić information content (AvgIpc) is 3.50. The Labute approximate surface area is 224 Å². The number of hydrogen-bond acceptors (Lipinski definition) is 7. The smallest absolute Gasteiger partial charge is 0.294 e. The minimum absolute atomic E-state index is 0.00144. The number of furan rings is 1. The third kappa shape index (κ3) is 6.79. The SMILES string of the molecule is COc1ccc(N(C(=O)c2ccco2)C(C(=O)NCCc2cccc(F)c2)c2cccnc2)cc1OCCO. The van der Waals surface area contributed by atoms with Crippen molar-refractivity contribution < 1.29 is 33.0 Å². The molecule has 0 aliphatic heterocycles. The molecule has 0 bridgehead atoms. The monoisotopic (exact) mass is 533 g/mol. The predicted molar refractivity (Wildman–Crippen MR) is 141 cm³/mol. The van der Waals surface area contributed by atoms with Crippen LogP contribution in [0.1, 0.15) is 27.7 Å². The number of amides is 2. The molecule has 4 rings (SSSR count). The van der Waals surface area contributed by atoms with Crippen LogP contribution in [0.15, 0.2) is 89.8 Å². The highest BCUT2D eigenvalue weighted by molar-refractivity contribution is 6.08. The summed E-state index contributed by atoms with van der Waals surface area (Å²) in [4.78, 5) is 33.0. The molecule has 9 nitrogen and oxygen atoms in total. The number of nitrogens with zero attached hydrogens (tertiary/aromatic N) is 2. The van der Waals surface area contributed by atoms with Crippen molar-refractivity contribution in [2.75, 3.05) is 31.8 Å². The lowest BCUT2D eigenvalue weighted by molar-refractivity contribution is -0.122. The van der Waals surface area contributed by atoms with E-state index in [9.17, 15) is 19.1 Å². The molecule has 10 heteroatoms. The highest BCUT2D eigenvalue weighted by Crippen LogP contribution is 2.36. The molecule has 0 fully saturated rings. The topological polar surface area (TPSA) is 114 Å². The Bertz CT molecular complexity index is 1380. The van der Waals surface area contributed by atoms with Gasteiger partial charge in [-0.05, 0) is 54.4 Å². The molecule has 2 aromatic carbocycles. The Balaban J connectivity index is 1.73.